The van der Waals surface area contributed by atoms with Crippen molar-refractivity contribution in [3.63, 3.8) is 0 Å². The summed E-state index contributed by atoms with van der Waals surface area (Å²) in [6.45, 7) is -0.0192. The third-order valence-electron chi connectivity index (χ3n) is 4.68. The quantitative estimate of drug-likeness (QED) is 0.651. The zero-order valence-corrected chi connectivity index (χ0v) is 14.6. The minimum absolute atomic E-state index is 0.00962. The number of aromatic nitrogens is 3. The molecule has 2 aromatic heterocycles. The summed E-state index contributed by atoms with van der Waals surface area (Å²) in [6.07, 6.45) is -3.58. The number of nitrogens with zero attached hydrogens (tertiary/aromatic N) is 3. The average molecular weight is 391 g/mol. The van der Waals surface area contributed by atoms with Crippen LogP contribution in [0.3, 0.4) is 0 Å². The number of ether oxygens (including phenoxy) is 2. The Hall–Kier alpha value is -2.94. The first-order valence-corrected chi connectivity index (χ1v) is 8.66. The summed E-state index contributed by atoms with van der Waals surface area (Å²) in [7, 11) is 0. The van der Waals surface area contributed by atoms with E-state index < -0.39 is 17.5 Å². The van der Waals surface area contributed by atoms with Crippen molar-refractivity contribution in [1.29, 1.82) is 0 Å². The molecule has 0 unspecified atom stereocenters. The molecule has 0 spiro atoms. The summed E-state index contributed by atoms with van der Waals surface area (Å²) in [6, 6.07) is 12.3. The number of hydrogen-bond donors (Lipinski definition) is 0. The SMILES string of the molecule is FC(F)(F)C1(c2nc(-c3ccc(Oc4ccccc4)nc3)no2)CCOCC1. The first kappa shape index (κ1) is 18.4. The summed E-state index contributed by atoms with van der Waals surface area (Å²) >= 11 is 0. The molecule has 0 aliphatic carbocycles. The van der Waals surface area contributed by atoms with Gasteiger partial charge in [-0.05, 0) is 31.0 Å². The molecular formula is C19H16F3N3O3. The van der Waals surface area contributed by atoms with Crippen LogP contribution in [0.15, 0.2) is 53.2 Å². The lowest BCUT2D eigenvalue weighted by atomic mass is 9.79. The van der Waals surface area contributed by atoms with Gasteiger partial charge in [0.2, 0.25) is 17.6 Å². The Balaban J connectivity index is 1.57. The van der Waals surface area contributed by atoms with Crippen LogP contribution in [-0.4, -0.2) is 34.5 Å². The maximum atomic E-state index is 13.7. The third kappa shape index (κ3) is 3.45. The van der Waals surface area contributed by atoms with E-state index in [1.807, 2.05) is 18.2 Å². The van der Waals surface area contributed by atoms with Crippen LogP contribution in [0.25, 0.3) is 11.4 Å². The number of hydrogen-bond acceptors (Lipinski definition) is 6. The smallest absolute Gasteiger partial charge is 0.403 e. The van der Waals surface area contributed by atoms with Crippen LogP contribution < -0.4 is 4.74 Å². The van der Waals surface area contributed by atoms with E-state index in [0.29, 0.717) is 17.2 Å². The molecule has 4 rings (SSSR count). The number of halogens is 3. The second kappa shape index (κ2) is 7.23. The van der Waals surface area contributed by atoms with Crippen LogP contribution in [-0.2, 0) is 10.2 Å². The second-order valence-electron chi connectivity index (χ2n) is 6.42. The Morgan fingerprint density at radius 2 is 1.75 bits per heavy atom. The molecule has 1 aliphatic rings. The highest BCUT2D eigenvalue weighted by Crippen LogP contribution is 2.47. The lowest BCUT2D eigenvalue weighted by molar-refractivity contribution is -0.217. The van der Waals surface area contributed by atoms with E-state index in [-0.39, 0.29) is 31.9 Å². The van der Waals surface area contributed by atoms with Crippen LogP contribution in [0.4, 0.5) is 13.2 Å². The van der Waals surface area contributed by atoms with Gasteiger partial charge in [-0.25, -0.2) is 4.98 Å². The summed E-state index contributed by atoms with van der Waals surface area (Å²) in [5.41, 5.74) is -1.75. The van der Waals surface area contributed by atoms with Crippen LogP contribution in [0, 0.1) is 0 Å². The largest absolute Gasteiger partial charge is 0.439 e. The van der Waals surface area contributed by atoms with E-state index in [0.717, 1.165) is 0 Å². The highest BCUT2D eigenvalue weighted by Gasteiger charge is 2.60. The van der Waals surface area contributed by atoms with Crippen LogP contribution >= 0.6 is 0 Å². The molecule has 146 valence electrons. The van der Waals surface area contributed by atoms with Crippen LogP contribution in [0.1, 0.15) is 18.7 Å². The van der Waals surface area contributed by atoms with Gasteiger partial charge < -0.3 is 14.0 Å². The zero-order chi connectivity index (χ0) is 19.6. The number of rotatable bonds is 4. The molecule has 6 nitrogen and oxygen atoms in total. The molecule has 1 fully saturated rings. The molecule has 9 heteroatoms. The van der Waals surface area contributed by atoms with Gasteiger partial charge in [-0.1, -0.05) is 23.4 Å². The number of pyridine rings is 1. The van der Waals surface area contributed by atoms with Gasteiger partial charge in [0.15, 0.2) is 0 Å². The van der Waals surface area contributed by atoms with Gasteiger partial charge in [0.05, 0.1) is 0 Å². The van der Waals surface area contributed by atoms with Gasteiger partial charge in [0, 0.05) is 31.0 Å². The molecule has 0 N–H and O–H groups in total. The highest BCUT2D eigenvalue weighted by atomic mass is 19.4. The molecule has 0 saturated carbocycles. The Morgan fingerprint density at radius 1 is 1.00 bits per heavy atom. The van der Waals surface area contributed by atoms with E-state index in [2.05, 4.69) is 15.1 Å². The number of benzene rings is 1. The molecule has 1 aliphatic heterocycles. The minimum atomic E-state index is -4.51. The molecular weight excluding hydrogens is 375 g/mol. The van der Waals surface area contributed by atoms with Crippen molar-refractivity contribution in [3.05, 3.63) is 54.6 Å². The molecule has 0 radical (unpaired) electrons. The van der Waals surface area contributed by atoms with Gasteiger partial charge in [0.25, 0.3) is 0 Å². The van der Waals surface area contributed by atoms with Crippen LogP contribution in [0.2, 0.25) is 0 Å². The fourth-order valence-electron chi connectivity index (χ4n) is 3.06. The van der Waals surface area contributed by atoms with Crippen molar-refractivity contribution in [1.82, 2.24) is 15.1 Å². The first-order valence-electron chi connectivity index (χ1n) is 8.66. The third-order valence-corrected chi connectivity index (χ3v) is 4.68. The van der Waals surface area contributed by atoms with E-state index in [1.54, 1.807) is 24.3 Å². The monoisotopic (exact) mass is 391 g/mol. The summed E-state index contributed by atoms with van der Waals surface area (Å²) in [5, 5.41) is 3.73. The molecule has 1 aromatic carbocycles. The predicted octanol–water partition coefficient (Wildman–Crippen LogP) is 4.53. The topological polar surface area (TPSA) is 70.3 Å². The summed E-state index contributed by atoms with van der Waals surface area (Å²) in [5.74, 6) is 0.567. The summed E-state index contributed by atoms with van der Waals surface area (Å²) < 4.78 is 56.9. The Bertz CT molecular complexity index is 921. The number of alkyl halides is 3. The normalized spacial score (nSPS) is 16.7. The Kier molecular flexibility index (Phi) is 4.76. The van der Waals surface area contributed by atoms with Crippen LogP contribution in [0.5, 0.6) is 11.6 Å². The minimum Gasteiger partial charge on any atom is -0.439 e. The zero-order valence-electron chi connectivity index (χ0n) is 14.6. The summed E-state index contributed by atoms with van der Waals surface area (Å²) in [4.78, 5) is 8.17. The van der Waals surface area contributed by atoms with Gasteiger partial charge in [-0.3, -0.25) is 0 Å². The van der Waals surface area contributed by atoms with Crippen molar-refractivity contribution in [2.24, 2.45) is 0 Å². The Labute approximate surface area is 158 Å². The fraction of sp³-hybridized carbons (Fsp3) is 0.316. The average Bonchev–Trinajstić information content (AvgIpc) is 3.20. The van der Waals surface area contributed by atoms with Gasteiger partial charge in [-0.15, -0.1) is 0 Å². The molecule has 3 aromatic rings. The molecule has 0 bridgehead atoms. The standard InChI is InChI=1S/C19H16F3N3O3/c20-19(21,22)18(8-10-26-11-9-18)17-24-16(25-28-17)13-6-7-15(23-12-13)27-14-4-2-1-3-5-14/h1-7,12H,8-11H2. The van der Waals surface area contributed by atoms with E-state index in [1.165, 1.54) is 6.20 Å². The van der Waals surface area contributed by atoms with Crippen molar-refractivity contribution in [3.8, 4) is 23.0 Å². The van der Waals surface area contributed by atoms with Gasteiger partial charge in [-0.2, -0.15) is 18.2 Å². The fourth-order valence-corrected chi connectivity index (χ4v) is 3.06. The van der Waals surface area contributed by atoms with Crippen molar-refractivity contribution in [2.45, 2.75) is 24.4 Å². The second-order valence-corrected chi connectivity index (χ2v) is 6.42. The Morgan fingerprint density at radius 3 is 2.39 bits per heavy atom. The molecule has 3 heterocycles. The van der Waals surface area contributed by atoms with Crippen molar-refractivity contribution in [2.75, 3.05) is 13.2 Å². The highest BCUT2D eigenvalue weighted by molar-refractivity contribution is 5.53. The first-order chi connectivity index (χ1) is 13.5. The van der Waals surface area contributed by atoms with Crippen molar-refractivity contribution < 1.29 is 27.2 Å². The number of para-hydroxylation sites is 1. The molecule has 28 heavy (non-hydrogen) atoms. The van der Waals surface area contributed by atoms with E-state index >= 15 is 0 Å². The maximum Gasteiger partial charge on any atom is 0.403 e. The molecule has 0 atom stereocenters. The van der Waals surface area contributed by atoms with E-state index in [4.69, 9.17) is 14.0 Å². The predicted molar refractivity (Wildman–Crippen MR) is 91.8 cm³/mol. The van der Waals surface area contributed by atoms with Gasteiger partial charge >= 0.3 is 6.18 Å². The lowest BCUT2D eigenvalue weighted by Crippen LogP contribution is -2.47. The van der Waals surface area contributed by atoms with Crippen molar-refractivity contribution >= 4 is 0 Å². The van der Waals surface area contributed by atoms with Gasteiger partial charge in [0.1, 0.15) is 11.2 Å². The van der Waals surface area contributed by atoms with E-state index in [9.17, 15) is 13.2 Å². The lowest BCUT2D eigenvalue weighted by Gasteiger charge is -2.35. The maximum absolute atomic E-state index is 13.7. The molecule has 0 amide bonds. The molecule has 1 saturated heterocycles.